The molecule has 41 heavy (non-hydrogen) atoms. The van der Waals surface area contributed by atoms with E-state index in [0.717, 1.165) is 18.2 Å². The highest BCUT2D eigenvalue weighted by molar-refractivity contribution is 5.92. The lowest BCUT2D eigenvalue weighted by atomic mass is 9.85. The van der Waals surface area contributed by atoms with Crippen LogP contribution in [0.25, 0.3) is 22.3 Å². The highest BCUT2D eigenvalue weighted by Crippen LogP contribution is 2.50. The van der Waals surface area contributed by atoms with Gasteiger partial charge in [-0.05, 0) is 18.2 Å². The van der Waals surface area contributed by atoms with Crippen LogP contribution in [0.2, 0.25) is 0 Å². The Balaban J connectivity index is 1.81. The van der Waals surface area contributed by atoms with Crippen LogP contribution >= 0.6 is 0 Å². The zero-order valence-electron chi connectivity index (χ0n) is 21.0. The van der Waals surface area contributed by atoms with Crippen molar-refractivity contribution in [3.8, 4) is 34.3 Å². The van der Waals surface area contributed by atoms with Crippen molar-refractivity contribution in [2.24, 2.45) is 0 Å². The third kappa shape index (κ3) is 4.66. The van der Waals surface area contributed by atoms with Crippen molar-refractivity contribution in [2.45, 2.75) is 54.9 Å². The minimum Gasteiger partial charge on any atom is -0.507 e. The smallest absolute Gasteiger partial charge is 0.197 e. The number of ether oxygens (including phenoxy) is 2. The highest BCUT2D eigenvalue weighted by atomic mass is 16.5. The number of aliphatic hydroxyl groups is 7. The first-order valence-electron chi connectivity index (χ1n) is 12.4. The van der Waals surface area contributed by atoms with Gasteiger partial charge in [-0.2, -0.15) is 0 Å². The molecule has 0 radical (unpaired) electrons. The van der Waals surface area contributed by atoms with Gasteiger partial charge >= 0.3 is 0 Å². The fraction of sp³-hybridized carbons (Fsp3) is 0.423. The number of aliphatic hydroxyl groups excluding tert-OH is 7. The topological polar surface area (TPSA) is 271 Å². The monoisotopic (exact) mass is 580 g/mol. The summed E-state index contributed by atoms with van der Waals surface area (Å²) in [6, 6.07) is 4.36. The molecule has 2 aliphatic rings. The summed E-state index contributed by atoms with van der Waals surface area (Å²) >= 11 is 0. The molecule has 9 atom stereocenters. The molecular formula is C26H28O15. The Morgan fingerprint density at radius 3 is 2.10 bits per heavy atom. The SMILES string of the molecule is O=c1cc(-c2ccc(O)c(O)c2)oc2c([C@@H]3OC[C@H](O)[C@H](O)[C@H]3O)c(O)c([C@@H]3O[C@H](CO)[C@@H](O)[C@H](O)[C@H]3O)c(O)c12. The Kier molecular flexibility index (Phi) is 7.58. The van der Waals surface area contributed by atoms with Gasteiger partial charge in [-0.25, -0.2) is 0 Å². The van der Waals surface area contributed by atoms with Gasteiger partial charge in [0.2, 0.25) is 0 Å². The van der Waals surface area contributed by atoms with Crippen LogP contribution in [0.5, 0.6) is 23.0 Å². The highest BCUT2D eigenvalue weighted by Gasteiger charge is 2.48. The third-order valence-electron chi connectivity index (χ3n) is 7.42. The van der Waals surface area contributed by atoms with E-state index in [1.54, 1.807) is 0 Å². The van der Waals surface area contributed by atoms with Crippen molar-refractivity contribution < 1.29 is 70.1 Å². The second-order valence-electron chi connectivity index (χ2n) is 9.96. The van der Waals surface area contributed by atoms with Crippen molar-refractivity contribution in [1.82, 2.24) is 0 Å². The van der Waals surface area contributed by atoms with E-state index < -0.39 is 119 Å². The van der Waals surface area contributed by atoms with Crippen molar-refractivity contribution >= 4 is 11.0 Å². The van der Waals surface area contributed by atoms with Gasteiger partial charge in [0, 0.05) is 11.6 Å². The number of phenolic OH excluding ortho intramolecular Hbond substituents is 4. The van der Waals surface area contributed by atoms with E-state index in [2.05, 4.69) is 0 Å². The standard InChI is InChI=1S/C26H28O15/c27-5-13-18(33)21(36)23(38)26(41-13)15-19(34)14-10(30)4-12(7-1-2-8(28)9(29)3-7)40-24(14)16(20(15)35)25-22(37)17(32)11(31)6-39-25/h1-4,11,13,17-18,21-23,25-29,31-38H,5-6H2/t11-,13+,17-,18+,21-,22+,23+,25-,26-/m0/s1. The number of fused-ring (bicyclic) bond motifs is 1. The molecule has 0 spiro atoms. The Labute approximate surface area is 229 Å². The lowest BCUT2D eigenvalue weighted by Crippen LogP contribution is -2.55. The molecule has 15 heteroatoms. The maximum Gasteiger partial charge on any atom is 0.197 e. The van der Waals surface area contributed by atoms with Crippen molar-refractivity contribution in [1.29, 1.82) is 0 Å². The normalized spacial score (nSPS) is 32.3. The van der Waals surface area contributed by atoms with E-state index in [0.29, 0.717) is 0 Å². The van der Waals surface area contributed by atoms with Crippen LogP contribution in [0.1, 0.15) is 23.3 Å². The molecule has 15 nitrogen and oxygen atoms in total. The molecular weight excluding hydrogens is 552 g/mol. The van der Waals surface area contributed by atoms with Crippen LogP contribution in [0, 0.1) is 0 Å². The van der Waals surface area contributed by atoms with Gasteiger partial charge in [-0.15, -0.1) is 0 Å². The van der Waals surface area contributed by atoms with Crippen LogP contribution in [0.3, 0.4) is 0 Å². The summed E-state index contributed by atoms with van der Waals surface area (Å²) in [7, 11) is 0. The van der Waals surface area contributed by atoms with Gasteiger partial charge in [0.25, 0.3) is 0 Å². The number of phenols is 4. The molecule has 2 fully saturated rings. The van der Waals surface area contributed by atoms with E-state index in [9.17, 15) is 61.0 Å². The lowest BCUT2D eigenvalue weighted by molar-refractivity contribution is -0.232. The number of rotatable bonds is 4. The summed E-state index contributed by atoms with van der Waals surface area (Å²) in [4.78, 5) is 13.4. The average molecular weight is 580 g/mol. The summed E-state index contributed by atoms with van der Waals surface area (Å²) in [5, 5.41) is 113. The Morgan fingerprint density at radius 1 is 0.756 bits per heavy atom. The van der Waals surface area contributed by atoms with Crippen molar-refractivity contribution in [3.63, 3.8) is 0 Å². The number of aromatic hydroxyl groups is 4. The van der Waals surface area contributed by atoms with Crippen LogP contribution in [0.4, 0.5) is 0 Å². The summed E-state index contributed by atoms with van der Waals surface area (Å²) in [6.45, 7) is -1.39. The van der Waals surface area contributed by atoms with Gasteiger partial charge in [-0.3, -0.25) is 4.79 Å². The van der Waals surface area contributed by atoms with Crippen LogP contribution in [-0.4, -0.2) is 112 Å². The van der Waals surface area contributed by atoms with E-state index >= 15 is 0 Å². The first-order valence-corrected chi connectivity index (χ1v) is 12.4. The van der Waals surface area contributed by atoms with Gasteiger partial charge in [0.1, 0.15) is 77.6 Å². The molecule has 5 rings (SSSR count). The largest absolute Gasteiger partial charge is 0.507 e. The molecule has 0 bridgehead atoms. The molecule has 2 aromatic carbocycles. The van der Waals surface area contributed by atoms with E-state index in [-0.39, 0.29) is 11.3 Å². The molecule has 0 aliphatic carbocycles. The zero-order valence-corrected chi connectivity index (χ0v) is 21.0. The summed E-state index contributed by atoms with van der Waals surface area (Å²) in [5.74, 6) is -3.21. The Morgan fingerprint density at radius 2 is 1.44 bits per heavy atom. The van der Waals surface area contributed by atoms with Gasteiger partial charge < -0.3 is 70.1 Å². The van der Waals surface area contributed by atoms with Crippen LogP contribution in [0.15, 0.2) is 33.5 Å². The quantitative estimate of drug-likeness (QED) is 0.148. The number of benzene rings is 2. The molecule has 1 aromatic heterocycles. The third-order valence-corrected chi connectivity index (χ3v) is 7.42. The Hall–Kier alpha value is -3.51. The summed E-state index contributed by atoms with van der Waals surface area (Å²) < 4.78 is 16.8. The first kappa shape index (κ1) is 29.0. The number of hydrogen-bond donors (Lipinski definition) is 11. The molecule has 11 N–H and O–H groups in total. The van der Waals surface area contributed by atoms with Gasteiger partial charge in [-0.1, -0.05) is 0 Å². The molecule has 222 valence electrons. The fourth-order valence-corrected chi connectivity index (χ4v) is 5.16. The fourth-order valence-electron chi connectivity index (χ4n) is 5.16. The maximum absolute atomic E-state index is 13.4. The van der Waals surface area contributed by atoms with E-state index in [1.165, 1.54) is 6.07 Å². The van der Waals surface area contributed by atoms with E-state index in [4.69, 9.17) is 13.9 Å². The van der Waals surface area contributed by atoms with Crippen molar-refractivity contribution in [2.75, 3.05) is 13.2 Å². The first-order chi connectivity index (χ1) is 19.4. The molecule has 2 saturated heterocycles. The predicted molar refractivity (Wildman–Crippen MR) is 134 cm³/mol. The molecule has 3 aromatic rings. The van der Waals surface area contributed by atoms with Gasteiger partial charge in [0.05, 0.1) is 24.3 Å². The second-order valence-corrected chi connectivity index (χ2v) is 9.96. The maximum atomic E-state index is 13.4. The van der Waals surface area contributed by atoms with Gasteiger partial charge in [0.15, 0.2) is 22.5 Å². The van der Waals surface area contributed by atoms with Crippen LogP contribution in [-0.2, 0) is 9.47 Å². The molecule has 3 heterocycles. The number of hydrogen-bond acceptors (Lipinski definition) is 15. The van der Waals surface area contributed by atoms with Crippen LogP contribution < -0.4 is 5.43 Å². The molecule has 0 unspecified atom stereocenters. The Bertz CT molecular complexity index is 1520. The lowest BCUT2D eigenvalue weighted by Gasteiger charge is -2.41. The molecule has 0 saturated carbocycles. The average Bonchev–Trinajstić information content (AvgIpc) is 2.93. The minimum absolute atomic E-state index is 0.0720. The summed E-state index contributed by atoms with van der Waals surface area (Å²) in [5.41, 5.74) is -2.64. The second kappa shape index (κ2) is 10.7. The van der Waals surface area contributed by atoms with E-state index in [1.807, 2.05) is 0 Å². The molecule has 0 amide bonds. The summed E-state index contributed by atoms with van der Waals surface area (Å²) in [6.07, 6.45) is -16.0. The minimum atomic E-state index is -2.01. The zero-order chi connectivity index (χ0) is 29.9. The molecule has 2 aliphatic heterocycles. The predicted octanol–water partition coefficient (Wildman–Crippen LogP) is -2.05. The van der Waals surface area contributed by atoms with Crippen molar-refractivity contribution in [3.05, 3.63) is 45.6 Å².